The molecule has 2 fully saturated rings. The third-order valence-corrected chi connectivity index (χ3v) is 13.9. The monoisotopic (exact) mass is 770 g/mol. The van der Waals surface area contributed by atoms with Crippen molar-refractivity contribution in [2.45, 2.75) is 138 Å². The van der Waals surface area contributed by atoms with Crippen LogP contribution in [0.3, 0.4) is 0 Å². The number of benzene rings is 4. The molecule has 0 aromatic heterocycles. The zero-order valence-corrected chi connectivity index (χ0v) is 37.0. The van der Waals surface area contributed by atoms with Gasteiger partial charge in [0.1, 0.15) is 0 Å². The molecule has 302 valence electrons. The minimum atomic E-state index is -0.760. The molecule has 57 heavy (non-hydrogen) atoms. The van der Waals surface area contributed by atoms with Crippen molar-refractivity contribution in [2.75, 3.05) is 13.2 Å². The van der Waals surface area contributed by atoms with Crippen LogP contribution < -0.4 is 20.4 Å². The number of hydrogen-bond donors (Lipinski definition) is 0. The molecular formula is C49H64B2O6. The number of fused-ring (bicyclic) bond motifs is 3. The number of hydrogen-bond acceptors (Lipinski definition) is 6. The minimum absolute atomic E-state index is 0.391. The molecular weight excluding hydrogens is 706 g/mol. The molecule has 2 heterocycles. The average molecular weight is 771 g/mol. The Morgan fingerprint density at radius 2 is 0.982 bits per heavy atom. The summed E-state index contributed by atoms with van der Waals surface area (Å²) in [5.41, 5.74) is 8.69. The molecule has 0 saturated carbocycles. The molecule has 0 N–H and O–H groups in total. The first-order valence-electron chi connectivity index (χ1n) is 21.2. The van der Waals surface area contributed by atoms with Crippen LogP contribution in [-0.2, 0) is 24.0 Å². The number of aryl methyl sites for hydroxylation is 2. The van der Waals surface area contributed by atoms with Gasteiger partial charge in [0.05, 0.1) is 41.0 Å². The molecule has 2 unspecified atom stereocenters. The molecule has 2 atom stereocenters. The van der Waals surface area contributed by atoms with Gasteiger partial charge in [-0.3, -0.25) is 0 Å². The summed E-state index contributed by atoms with van der Waals surface area (Å²) in [4.78, 5) is 0. The molecule has 0 spiro atoms. The largest absolute Gasteiger partial charge is 0.494 e. The lowest BCUT2D eigenvalue weighted by Crippen LogP contribution is -2.41. The highest BCUT2D eigenvalue weighted by molar-refractivity contribution is 6.62. The van der Waals surface area contributed by atoms with Crippen molar-refractivity contribution in [1.29, 1.82) is 0 Å². The van der Waals surface area contributed by atoms with E-state index in [1.807, 2.05) is 0 Å². The van der Waals surface area contributed by atoms with E-state index < -0.39 is 42.1 Å². The second-order valence-corrected chi connectivity index (χ2v) is 19.2. The summed E-state index contributed by atoms with van der Waals surface area (Å²) in [6, 6.07) is 27.0. The topological polar surface area (TPSA) is 55.4 Å². The van der Waals surface area contributed by atoms with Crippen molar-refractivity contribution in [3.8, 4) is 22.6 Å². The van der Waals surface area contributed by atoms with E-state index in [0.717, 1.165) is 40.8 Å². The number of rotatable bonds is 12. The van der Waals surface area contributed by atoms with Gasteiger partial charge >= 0.3 is 14.2 Å². The highest BCUT2D eigenvalue weighted by atomic mass is 16.7. The lowest BCUT2D eigenvalue weighted by atomic mass is 9.64. The Bertz CT molecular complexity index is 2020. The minimum Gasteiger partial charge on any atom is -0.489 e. The summed E-state index contributed by atoms with van der Waals surface area (Å²) in [6.45, 7) is 31.4. The molecule has 1 aliphatic carbocycles. The zero-order valence-electron chi connectivity index (χ0n) is 37.0. The van der Waals surface area contributed by atoms with Crippen molar-refractivity contribution < 1.29 is 28.1 Å². The first-order chi connectivity index (χ1) is 26.7. The van der Waals surface area contributed by atoms with Gasteiger partial charge < -0.3 is 28.1 Å². The van der Waals surface area contributed by atoms with Gasteiger partial charge in [0.15, 0.2) is 11.5 Å². The summed E-state index contributed by atoms with van der Waals surface area (Å²) in [6.07, 6.45) is 2.07. The molecule has 0 bridgehead atoms. The smallest absolute Gasteiger partial charge is 0.489 e. The van der Waals surface area contributed by atoms with Crippen molar-refractivity contribution in [2.24, 2.45) is 11.8 Å². The Balaban J connectivity index is 1.52. The van der Waals surface area contributed by atoms with E-state index in [9.17, 15) is 0 Å². The Labute approximate surface area is 343 Å². The van der Waals surface area contributed by atoms with Crippen LogP contribution >= 0.6 is 0 Å². The van der Waals surface area contributed by atoms with Crippen LogP contribution in [0, 0.1) is 25.7 Å². The van der Waals surface area contributed by atoms with E-state index in [1.54, 1.807) is 0 Å². The maximum Gasteiger partial charge on any atom is 0.494 e. The van der Waals surface area contributed by atoms with Gasteiger partial charge in [-0.05, 0) is 143 Å². The van der Waals surface area contributed by atoms with Crippen molar-refractivity contribution in [1.82, 2.24) is 0 Å². The van der Waals surface area contributed by atoms with E-state index in [0.29, 0.717) is 25.0 Å². The Hall–Kier alpha value is -3.55. The van der Waals surface area contributed by atoms with Crippen LogP contribution in [0.25, 0.3) is 11.1 Å². The SMILES string of the molecule is CCC(C)COc1ccc(C2(c3cc(C)ccc3C)c3cc(B4OC(C)(C)C(C)(C)O4)ccc3-c3ccc(B4OC(C)(C)C(C)(C)O4)cc32)cc1OCC(C)CC. The molecule has 6 nitrogen and oxygen atoms in total. The van der Waals surface area contributed by atoms with Crippen LogP contribution in [0.2, 0.25) is 0 Å². The summed E-state index contributed by atoms with van der Waals surface area (Å²) in [5, 5.41) is 0. The molecule has 3 aliphatic rings. The molecule has 4 aromatic carbocycles. The summed E-state index contributed by atoms with van der Waals surface area (Å²) in [7, 11) is -1.04. The molecule has 0 amide bonds. The maximum atomic E-state index is 6.76. The van der Waals surface area contributed by atoms with Crippen molar-refractivity contribution in [3.05, 3.63) is 106 Å². The van der Waals surface area contributed by atoms with E-state index in [4.69, 9.17) is 28.1 Å². The third-order valence-electron chi connectivity index (χ3n) is 13.9. The molecule has 7 rings (SSSR count). The molecule has 2 aliphatic heterocycles. The molecule has 4 aromatic rings. The fraction of sp³-hybridized carbons (Fsp3) is 0.510. The summed E-state index contributed by atoms with van der Waals surface area (Å²) >= 11 is 0. The first-order valence-corrected chi connectivity index (χ1v) is 21.2. The summed E-state index contributed by atoms with van der Waals surface area (Å²) in [5.74, 6) is 2.35. The van der Waals surface area contributed by atoms with E-state index >= 15 is 0 Å². The van der Waals surface area contributed by atoms with Crippen LogP contribution in [0.15, 0.2) is 72.8 Å². The normalized spacial score (nSPS) is 20.6. The zero-order chi connectivity index (χ0) is 41.3. The highest BCUT2D eigenvalue weighted by Gasteiger charge is 2.55. The van der Waals surface area contributed by atoms with Gasteiger partial charge in [0, 0.05) is 0 Å². The van der Waals surface area contributed by atoms with Crippen molar-refractivity contribution in [3.63, 3.8) is 0 Å². The van der Waals surface area contributed by atoms with Crippen molar-refractivity contribution >= 4 is 25.2 Å². The second-order valence-electron chi connectivity index (χ2n) is 19.2. The molecule has 2 saturated heterocycles. The van der Waals surface area contributed by atoms with Gasteiger partial charge in [-0.15, -0.1) is 0 Å². The highest BCUT2D eigenvalue weighted by Crippen LogP contribution is 2.57. The van der Waals surface area contributed by atoms with Gasteiger partial charge in [0.2, 0.25) is 0 Å². The van der Waals surface area contributed by atoms with Crippen LogP contribution in [0.5, 0.6) is 11.5 Å². The maximum absolute atomic E-state index is 6.76. The van der Waals surface area contributed by atoms with Gasteiger partial charge in [0.25, 0.3) is 0 Å². The molecule has 0 radical (unpaired) electrons. The van der Waals surface area contributed by atoms with Crippen LogP contribution in [0.4, 0.5) is 0 Å². The fourth-order valence-corrected chi connectivity index (χ4v) is 8.18. The lowest BCUT2D eigenvalue weighted by molar-refractivity contribution is 0.00578. The van der Waals surface area contributed by atoms with E-state index in [2.05, 4.69) is 170 Å². The first kappa shape index (κ1) is 41.6. The average Bonchev–Trinajstić information content (AvgIpc) is 3.67. The predicted octanol–water partition coefficient (Wildman–Crippen LogP) is 10.1. The second kappa shape index (κ2) is 14.9. The fourth-order valence-electron chi connectivity index (χ4n) is 8.18. The number of ether oxygens (including phenoxy) is 2. The van der Waals surface area contributed by atoms with Gasteiger partial charge in [-0.25, -0.2) is 0 Å². The van der Waals surface area contributed by atoms with Crippen LogP contribution in [0.1, 0.15) is 129 Å². The van der Waals surface area contributed by atoms with Gasteiger partial charge in [-0.1, -0.05) is 107 Å². The van der Waals surface area contributed by atoms with Crippen LogP contribution in [-0.4, -0.2) is 49.9 Å². The Morgan fingerprint density at radius 1 is 0.526 bits per heavy atom. The Morgan fingerprint density at radius 3 is 1.44 bits per heavy atom. The molecule has 8 heteroatoms. The lowest BCUT2D eigenvalue weighted by Gasteiger charge is -2.36. The van der Waals surface area contributed by atoms with Gasteiger partial charge in [-0.2, -0.15) is 0 Å². The quantitative estimate of drug-likeness (QED) is 0.118. The van der Waals surface area contributed by atoms with E-state index in [-0.39, 0.29) is 0 Å². The Kier molecular flexibility index (Phi) is 10.9. The third kappa shape index (κ3) is 7.17. The van der Waals surface area contributed by atoms with E-state index in [1.165, 1.54) is 38.9 Å². The predicted molar refractivity (Wildman–Crippen MR) is 235 cm³/mol. The standard InChI is InChI=1S/C49H64B2O6/c1-15-31(3)29-52-43-24-19-35(26-44(43)53-30-32(4)16-2)49(40-25-33(5)17-18-34(40)6)41-27-36(50-54-45(7,8)46(9,10)55-50)20-22-38(41)39-23-21-37(28-42(39)49)51-56-47(11,12)48(13,14)57-51/h17-28,31-32H,15-16,29-30H2,1-14H3. The summed E-state index contributed by atoms with van der Waals surface area (Å²) < 4.78 is 40.1.